The molecule has 3 aliphatic rings. The zero-order valence-electron chi connectivity index (χ0n) is 18.0. The van der Waals surface area contributed by atoms with Crippen LogP contribution in [0.3, 0.4) is 0 Å². The number of benzene rings is 1. The number of hydrogen-bond donors (Lipinski definition) is 5. The molecular weight excluding hydrogens is 432 g/mol. The van der Waals surface area contributed by atoms with Gasteiger partial charge in [0, 0.05) is 17.9 Å². The fourth-order valence-electron chi connectivity index (χ4n) is 5.60. The topological polar surface area (TPSA) is 178 Å². The Labute approximate surface area is 188 Å². The Morgan fingerprint density at radius 1 is 1.24 bits per heavy atom. The molecule has 1 aromatic rings. The quantitative estimate of drug-likeness (QED) is 0.305. The van der Waals surface area contributed by atoms with Gasteiger partial charge in [-0.2, -0.15) is 0 Å². The Morgan fingerprint density at radius 2 is 1.91 bits per heavy atom. The minimum absolute atomic E-state index is 0.00193. The smallest absolute Gasteiger partial charge is 0.255 e. The van der Waals surface area contributed by atoms with Gasteiger partial charge in [-0.1, -0.05) is 6.07 Å². The van der Waals surface area contributed by atoms with E-state index in [2.05, 4.69) is 0 Å². The van der Waals surface area contributed by atoms with Crippen LogP contribution in [-0.2, 0) is 27.2 Å². The molecule has 0 saturated heterocycles. The molecule has 4 rings (SSSR count). The Kier molecular flexibility index (Phi) is 5.18. The van der Waals surface area contributed by atoms with Gasteiger partial charge in [0.25, 0.3) is 5.91 Å². The predicted octanol–water partition coefficient (Wildman–Crippen LogP) is -0.138. The van der Waals surface area contributed by atoms with E-state index in [1.165, 1.54) is 11.0 Å². The number of fused-ring (bicyclic) bond motifs is 3. The first kappa shape index (κ1) is 22.7. The predicted molar refractivity (Wildman–Crippen MR) is 113 cm³/mol. The molecular formula is C23H24N2O8. The molecule has 10 heteroatoms. The fraction of sp³-hybridized carbons (Fsp3) is 0.391. The summed E-state index contributed by atoms with van der Waals surface area (Å²) in [5, 5.41) is 43.7. The molecule has 3 aliphatic carbocycles. The summed E-state index contributed by atoms with van der Waals surface area (Å²) in [6.45, 7) is 0. The summed E-state index contributed by atoms with van der Waals surface area (Å²) in [6.07, 6.45) is 0.856. The molecule has 0 fully saturated rings. The number of likely N-dealkylation sites (N-methyl/N-ethyl adjacent to an activating group) is 1. The van der Waals surface area contributed by atoms with E-state index in [1.807, 2.05) is 0 Å². The SMILES string of the molecule is CN(C)[C@@H]1C(O)=C(C(N)=O)C(=O)[C@@]2(O)C(O)=C3C(=O)c4c(O)ccc(CC=O)c4C[C@H]3C[C@@H]12. The number of rotatable bonds is 4. The number of aliphatic hydroxyl groups is 3. The second kappa shape index (κ2) is 7.53. The van der Waals surface area contributed by atoms with E-state index in [1.54, 1.807) is 20.2 Å². The monoisotopic (exact) mass is 456 g/mol. The van der Waals surface area contributed by atoms with Crippen LogP contribution in [0.5, 0.6) is 5.75 Å². The average Bonchev–Trinajstić information content (AvgIpc) is 2.72. The van der Waals surface area contributed by atoms with Crippen molar-refractivity contribution in [1.29, 1.82) is 0 Å². The molecule has 4 atom stereocenters. The summed E-state index contributed by atoms with van der Waals surface area (Å²) in [6, 6.07) is 1.77. The van der Waals surface area contributed by atoms with Crippen LogP contribution in [-0.4, -0.2) is 74.8 Å². The number of amides is 1. The van der Waals surface area contributed by atoms with Crippen LogP contribution in [0.15, 0.2) is 34.8 Å². The van der Waals surface area contributed by atoms with Crippen molar-refractivity contribution < 1.29 is 39.6 Å². The maximum absolute atomic E-state index is 13.4. The van der Waals surface area contributed by atoms with Gasteiger partial charge in [-0.3, -0.25) is 19.3 Å². The largest absolute Gasteiger partial charge is 0.510 e. The van der Waals surface area contributed by atoms with Gasteiger partial charge in [0.1, 0.15) is 29.1 Å². The average molecular weight is 456 g/mol. The van der Waals surface area contributed by atoms with Gasteiger partial charge in [-0.05, 0) is 50.0 Å². The highest BCUT2D eigenvalue weighted by atomic mass is 16.3. The van der Waals surface area contributed by atoms with Crippen molar-refractivity contribution in [2.45, 2.75) is 30.9 Å². The normalized spacial score (nSPS) is 29.0. The number of Topliss-reactive ketones (excluding diaryl/α,β-unsaturated/α-hetero) is 2. The van der Waals surface area contributed by atoms with Gasteiger partial charge in [0.2, 0.25) is 5.78 Å². The Balaban J connectivity index is 1.97. The number of phenols is 1. The van der Waals surface area contributed by atoms with Crippen molar-refractivity contribution in [3.8, 4) is 5.75 Å². The molecule has 0 heterocycles. The number of phenolic OH excluding ortho intramolecular Hbond substituents is 1. The van der Waals surface area contributed by atoms with Gasteiger partial charge in [-0.15, -0.1) is 0 Å². The van der Waals surface area contributed by atoms with E-state index < -0.39 is 58.0 Å². The van der Waals surface area contributed by atoms with Gasteiger partial charge in [0.15, 0.2) is 11.4 Å². The fourth-order valence-corrected chi connectivity index (χ4v) is 5.60. The highest BCUT2D eigenvalue weighted by Gasteiger charge is 2.63. The third-order valence-corrected chi connectivity index (χ3v) is 7.01. The maximum Gasteiger partial charge on any atom is 0.255 e. The van der Waals surface area contributed by atoms with Crippen LogP contribution < -0.4 is 5.73 Å². The zero-order chi connectivity index (χ0) is 24.4. The molecule has 0 saturated carbocycles. The number of nitrogens with two attached hydrogens (primary N) is 1. The second-order valence-electron chi connectivity index (χ2n) is 8.93. The van der Waals surface area contributed by atoms with E-state index in [0.717, 1.165) is 0 Å². The highest BCUT2D eigenvalue weighted by Crippen LogP contribution is 2.52. The summed E-state index contributed by atoms with van der Waals surface area (Å²) >= 11 is 0. The Morgan fingerprint density at radius 3 is 2.48 bits per heavy atom. The number of aldehydes is 1. The number of hydrogen-bond acceptors (Lipinski definition) is 9. The number of nitrogens with zero attached hydrogens (tertiary/aromatic N) is 1. The van der Waals surface area contributed by atoms with Crippen LogP contribution in [0.4, 0.5) is 0 Å². The molecule has 10 nitrogen and oxygen atoms in total. The third kappa shape index (κ3) is 2.94. The first-order chi connectivity index (χ1) is 15.5. The summed E-state index contributed by atoms with van der Waals surface area (Å²) < 4.78 is 0. The molecule has 1 amide bonds. The molecule has 33 heavy (non-hydrogen) atoms. The summed E-state index contributed by atoms with van der Waals surface area (Å²) in [5.74, 6) is -6.96. The van der Waals surface area contributed by atoms with Crippen molar-refractivity contribution in [2.24, 2.45) is 17.6 Å². The molecule has 174 valence electrons. The van der Waals surface area contributed by atoms with Crippen LogP contribution >= 0.6 is 0 Å². The van der Waals surface area contributed by atoms with Gasteiger partial charge >= 0.3 is 0 Å². The Hall–Kier alpha value is -3.50. The van der Waals surface area contributed by atoms with Crippen LogP contribution in [0.1, 0.15) is 27.9 Å². The second-order valence-corrected chi connectivity index (χ2v) is 8.93. The minimum atomic E-state index is -2.67. The van der Waals surface area contributed by atoms with E-state index >= 15 is 0 Å². The van der Waals surface area contributed by atoms with Gasteiger partial charge in [-0.25, -0.2) is 0 Å². The van der Waals surface area contributed by atoms with Gasteiger partial charge in [0.05, 0.1) is 11.6 Å². The highest BCUT2D eigenvalue weighted by molar-refractivity contribution is 6.24. The first-order valence-electron chi connectivity index (χ1n) is 10.4. The maximum atomic E-state index is 13.4. The number of aromatic hydroxyl groups is 1. The third-order valence-electron chi connectivity index (χ3n) is 7.01. The first-order valence-corrected chi connectivity index (χ1v) is 10.4. The van der Waals surface area contributed by atoms with Crippen LogP contribution in [0.2, 0.25) is 0 Å². The zero-order valence-corrected chi connectivity index (χ0v) is 18.0. The van der Waals surface area contributed by atoms with E-state index in [4.69, 9.17) is 5.73 Å². The molecule has 0 bridgehead atoms. The summed E-state index contributed by atoms with van der Waals surface area (Å²) in [7, 11) is 3.13. The lowest BCUT2D eigenvalue weighted by Crippen LogP contribution is -2.63. The Bertz CT molecular complexity index is 1180. The molecule has 6 N–H and O–H groups in total. The number of ketones is 2. The van der Waals surface area contributed by atoms with Crippen molar-refractivity contribution in [3.05, 3.63) is 51.5 Å². The van der Waals surface area contributed by atoms with E-state index in [9.17, 15) is 39.6 Å². The summed E-state index contributed by atoms with van der Waals surface area (Å²) in [4.78, 5) is 51.1. The van der Waals surface area contributed by atoms with Gasteiger partial charge < -0.3 is 31.0 Å². The molecule has 0 unspecified atom stereocenters. The molecule has 0 aromatic heterocycles. The van der Waals surface area contributed by atoms with Crippen molar-refractivity contribution in [1.82, 2.24) is 4.90 Å². The lowest BCUT2D eigenvalue weighted by molar-refractivity contribution is -0.148. The number of carbonyl (C=O) groups is 4. The molecule has 1 aromatic carbocycles. The van der Waals surface area contributed by atoms with E-state index in [-0.39, 0.29) is 36.1 Å². The lowest BCUT2D eigenvalue weighted by atomic mass is 9.58. The number of primary amides is 1. The summed E-state index contributed by atoms with van der Waals surface area (Å²) in [5.41, 5.74) is 2.46. The van der Waals surface area contributed by atoms with Crippen molar-refractivity contribution in [2.75, 3.05) is 14.1 Å². The molecule has 0 aliphatic heterocycles. The van der Waals surface area contributed by atoms with Crippen molar-refractivity contribution in [3.63, 3.8) is 0 Å². The van der Waals surface area contributed by atoms with Crippen LogP contribution in [0.25, 0.3) is 0 Å². The number of carbonyl (C=O) groups excluding carboxylic acids is 4. The number of allylic oxidation sites excluding steroid dienone is 1. The minimum Gasteiger partial charge on any atom is -0.510 e. The van der Waals surface area contributed by atoms with Crippen molar-refractivity contribution >= 4 is 23.8 Å². The molecule has 0 radical (unpaired) electrons. The van der Waals surface area contributed by atoms with Crippen LogP contribution in [0, 0.1) is 11.8 Å². The lowest BCUT2D eigenvalue weighted by Gasteiger charge is -2.50. The number of aliphatic hydroxyl groups excluding tert-OH is 2. The molecule has 0 spiro atoms. The standard InChI is InChI=1S/C23H24N2O8/c1-25(2)17-12-8-10-7-11-9(5-6-26)3-4-13(27)15(11)18(28)14(10)20(30)23(12,33)21(31)16(19(17)29)22(24)32/h3-4,6,10,12,17,27,29-30,33H,5,7-8H2,1-2H3,(H2,24,32)/t10-,12-,17-,23-/m0/s1. The van der Waals surface area contributed by atoms with E-state index in [0.29, 0.717) is 17.4 Å².